The van der Waals surface area contributed by atoms with E-state index in [1.54, 1.807) is 0 Å². The minimum atomic E-state index is -0.189. The Kier molecular flexibility index (Phi) is 6.10. The summed E-state index contributed by atoms with van der Waals surface area (Å²) in [6, 6.07) is 0. The van der Waals surface area contributed by atoms with Gasteiger partial charge in [-0.2, -0.15) is 0 Å². The number of halogens is 1. The van der Waals surface area contributed by atoms with E-state index in [2.05, 4.69) is 20.5 Å². The molecule has 5 heteroatoms. The van der Waals surface area contributed by atoms with E-state index in [1.807, 2.05) is 13.1 Å². The van der Waals surface area contributed by atoms with Crippen molar-refractivity contribution < 1.29 is 14.3 Å². The van der Waals surface area contributed by atoms with Crippen LogP contribution in [0.3, 0.4) is 0 Å². The third-order valence-electron chi connectivity index (χ3n) is 3.59. The van der Waals surface area contributed by atoms with Crippen molar-refractivity contribution in [3.63, 3.8) is 0 Å². The average molecular weight is 344 g/mol. The molecule has 20 heavy (non-hydrogen) atoms. The Labute approximate surface area is 128 Å². The molecule has 0 aromatic carbocycles. The molecule has 1 aliphatic carbocycles. The van der Waals surface area contributed by atoms with Gasteiger partial charge < -0.3 is 14.0 Å². The van der Waals surface area contributed by atoms with Crippen LogP contribution in [0.25, 0.3) is 0 Å². The standard InChI is InChI=1S/C15H22BrNO3/c1-2-20-15(18)13-11-17(8-10-19-9-7-16)14-6-4-3-5-12(13)14/h11H,2-10H2,1H3. The molecular formula is C15H22BrNO3. The van der Waals surface area contributed by atoms with E-state index in [-0.39, 0.29) is 5.97 Å². The summed E-state index contributed by atoms with van der Waals surface area (Å²) in [5.41, 5.74) is 3.24. The topological polar surface area (TPSA) is 40.5 Å². The van der Waals surface area contributed by atoms with Crippen LogP contribution in [0, 0.1) is 0 Å². The van der Waals surface area contributed by atoms with Crippen LogP contribution in [-0.2, 0) is 28.9 Å². The molecule has 0 N–H and O–H groups in total. The Morgan fingerprint density at radius 1 is 1.35 bits per heavy atom. The Morgan fingerprint density at radius 3 is 2.90 bits per heavy atom. The molecule has 0 saturated heterocycles. The maximum Gasteiger partial charge on any atom is 0.339 e. The van der Waals surface area contributed by atoms with Gasteiger partial charge in [-0.05, 0) is 38.2 Å². The third kappa shape index (κ3) is 3.64. The first-order chi connectivity index (χ1) is 9.77. The average Bonchev–Trinajstić information content (AvgIpc) is 2.83. The molecule has 112 valence electrons. The van der Waals surface area contributed by atoms with Gasteiger partial charge in [0.1, 0.15) is 0 Å². The second-order valence-corrected chi connectivity index (χ2v) is 5.68. The number of alkyl halides is 1. The molecule has 2 rings (SSSR count). The smallest absolute Gasteiger partial charge is 0.339 e. The fraction of sp³-hybridized carbons (Fsp3) is 0.667. The van der Waals surface area contributed by atoms with Crippen LogP contribution >= 0.6 is 15.9 Å². The predicted octanol–water partition coefficient (Wildman–Crippen LogP) is 2.96. The van der Waals surface area contributed by atoms with Crippen LogP contribution in [-0.4, -0.2) is 35.7 Å². The Morgan fingerprint density at radius 2 is 2.15 bits per heavy atom. The van der Waals surface area contributed by atoms with E-state index in [9.17, 15) is 4.79 Å². The summed E-state index contributed by atoms with van der Waals surface area (Å²) in [4.78, 5) is 12.0. The highest BCUT2D eigenvalue weighted by molar-refractivity contribution is 9.09. The molecule has 4 nitrogen and oxygen atoms in total. The number of carbonyl (C=O) groups excluding carboxylic acids is 1. The van der Waals surface area contributed by atoms with Crippen molar-refractivity contribution in [3.8, 4) is 0 Å². The molecule has 0 atom stereocenters. The molecule has 1 aromatic heterocycles. The predicted molar refractivity (Wildman–Crippen MR) is 81.6 cm³/mol. The second kappa shape index (κ2) is 7.84. The molecule has 0 saturated carbocycles. The fourth-order valence-corrected chi connectivity index (χ4v) is 2.94. The van der Waals surface area contributed by atoms with Gasteiger partial charge in [0.15, 0.2) is 0 Å². The number of rotatable bonds is 7. The fourth-order valence-electron chi connectivity index (χ4n) is 2.71. The Bertz CT molecular complexity index is 456. The van der Waals surface area contributed by atoms with Gasteiger partial charge in [0.2, 0.25) is 0 Å². The maximum absolute atomic E-state index is 12.0. The molecule has 0 bridgehead atoms. The van der Waals surface area contributed by atoms with Crippen LogP contribution in [0.4, 0.5) is 0 Å². The molecule has 0 radical (unpaired) electrons. The number of ether oxygens (including phenoxy) is 2. The van der Waals surface area contributed by atoms with E-state index in [0.29, 0.717) is 19.8 Å². The Hall–Kier alpha value is -0.810. The lowest BCUT2D eigenvalue weighted by Gasteiger charge is -2.16. The number of nitrogens with zero attached hydrogens (tertiary/aromatic N) is 1. The number of esters is 1. The number of aromatic nitrogens is 1. The molecule has 1 aliphatic rings. The molecule has 1 heterocycles. The minimum Gasteiger partial charge on any atom is -0.462 e. The van der Waals surface area contributed by atoms with Crippen LogP contribution in [0.15, 0.2) is 6.20 Å². The monoisotopic (exact) mass is 343 g/mol. The zero-order valence-electron chi connectivity index (χ0n) is 12.0. The summed E-state index contributed by atoms with van der Waals surface area (Å²) in [7, 11) is 0. The summed E-state index contributed by atoms with van der Waals surface area (Å²) in [6.07, 6.45) is 6.34. The third-order valence-corrected chi connectivity index (χ3v) is 3.91. The van der Waals surface area contributed by atoms with E-state index < -0.39 is 0 Å². The normalized spacial score (nSPS) is 14.1. The summed E-state index contributed by atoms with van der Waals surface area (Å²) in [5.74, 6) is -0.189. The van der Waals surface area contributed by atoms with Gasteiger partial charge in [-0.3, -0.25) is 0 Å². The minimum absolute atomic E-state index is 0.189. The highest BCUT2D eigenvalue weighted by Crippen LogP contribution is 2.27. The van der Waals surface area contributed by atoms with E-state index in [0.717, 1.165) is 36.7 Å². The van der Waals surface area contributed by atoms with E-state index in [1.165, 1.54) is 17.7 Å². The van der Waals surface area contributed by atoms with Crippen molar-refractivity contribution in [2.24, 2.45) is 0 Å². The molecular weight excluding hydrogens is 322 g/mol. The molecule has 0 unspecified atom stereocenters. The second-order valence-electron chi connectivity index (χ2n) is 4.89. The van der Waals surface area contributed by atoms with Gasteiger partial charge in [-0.1, -0.05) is 15.9 Å². The van der Waals surface area contributed by atoms with Gasteiger partial charge in [-0.15, -0.1) is 0 Å². The lowest BCUT2D eigenvalue weighted by molar-refractivity contribution is 0.0525. The van der Waals surface area contributed by atoms with Gasteiger partial charge >= 0.3 is 5.97 Å². The Balaban J connectivity index is 2.13. The van der Waals surface area contributed by atoms with Crippen molar-refractivity contribution in [2.75, 3.05) is 25.2 Å². The van der Waals surface area contributed by atoms with Crippen LogP contribution in [0.2, 0.25) is 0 Å². The molecule has 0 fully saturated rings. The van der Waals surface area contributed by atoms with Crippen LogP contribution in [0.1, 0.15) is 41.4 Å². The number of hydrogen-bond donors (Lipinski definition) is 0. The largest absolute Gasteiger partial charge is 0.462 e. The molecule has 0 amide bonds. The lowest BCUT2D eigenvalue weighted by Crippen LogP contribution is -2.12. The summed E-state index contributed by atoms with van der Waals surface area (Å²) < 4.78 is 12.8. The summed E-state index contributed by atoms with van der Waals surface area (Å²) in [5, 5.41) is 0.852. The first-order valence-corrected chi connectivity index (χ1v) is 8.41. The highest BCUT2D eigenvalue weighted by atomic mass is 79.9. The van der Waals surface area contributed by atoms with Crippen molar-refractivity contribution >= 4 is 21.9 Å². The van der Waals surface area contributed by atoms with Crippen LogP contribution < -0.4 is 0 Å². The van der Waals surface area contributed by atoms with Crippen molar-refractivity contribution in [1.82, 2.24) is 4.57 Å². The molecule has 0 aliphatic heterocycles. The summed E-state index contributed by atoms with van der Waals surface area (Å²) >= 11 is 3.34. The van der Waals surface area contributed by atoms with Gasteiger partial charge in [0.05, 0.1) is 25.4 Å². The van der Waals surface area contributed by atoms with Crippen molar-refractivity contribution in [2.45, 2.75) is 39.2 Å². The first kappa shape index (κ1) is 15.6. The first-order valence-electron chi connectivity index (χ1n) is 7.29. The maximum atomic E-state index is 12.0. The number of fused-ring (bicyclic) bond motifs is 1. The van der Waals surface area contributed by atoms with Gasteiger partial charge in [0.25, 0.3) is 0 Å². The molecule has 0 spiro atoms. The number of hydrogen-bond acceptors (Lipinski definition) is 3. The zero-order chi connectivity index (χ0) is 14.4. The van der Waals surface area contributed by atoms with Crippen LogP contribution in [0.5, 0.6) is 0 Å². The van der Waals surface area contributed by atoms with E-state index >= 15 is 0 Å². The zero-order valence-corrected chi connectivity index (χ0v) is 13.6. The molecule has 1 aromatic rings. The lowest BCUT2D eigenvalue weighted by atomic mass is 9.95. The highest BCUT2D eigenvalue weighted by Gasteiger charge is 2.23. The summed E-state index contributed by atoms with van der Waals surface area (Å²) in [6.45, 7) is 4.46. The van der Waals surface area contributed by atoms with Crippen molar-refractivity contribution in [3.05, 3.63) is 23.0 Å². The SMILES string of the molecule is CCOC(=O)c1cn(CCOCCBr)c2c1CCCC2. The van der Waals surface area contributed by atoms with Gasteiger partial charge in [0, 0.05) is 23.8 Å². The van der Waals surface area contributed by atoms with E-state index in [4.69, 9.17) is 9.47 Å². The van der Waals surface area contributed by atoms with Gasteiger partial charge in [-0.25, -0.2) is 4.79 Å². The number of carbonyl (C=O) groups is 1. The quantitative estimate of drug-likeness (QED) is 0.434. The van der Waals surface area contributed by atoms with Crippen molar-refractivity contribution in [1.29, 1.82) is 0 Å².